The molecule has 23 heavy (non-hydrogen) atoms. The van der Waals surface area contributed by atoms with Gasteiger partial charge in [0.25, 0.3) is 5.91 Å². The Hall–Kier alpha value is -2.46. The normalized spacial score (nSPS) is 12.4. The maximum Gasteiger partial charge on any atom is 0.266 e. The number of carbonyl (C=O) groups is 1. The molecule has 3 nitrogen and oxygen atoms in total. The van der Waals surface area contributed by atoms with E-state index in [1.807, 2.05) is 25.1 Å². The summed E-state index contributed by atoms with van der Waals surface area (Å²) in [6.45, 7) is 1.94. The van der Waals surface area contributed by atoms with Crippen molar-refractivity contribution in [1.29, 1.82) is 0 Å². The molecular weight excluding hydrogens is 304 g/mol. The van der Waals surface area contributed by atoms with Crippen LogP contribution in [0.4, 0.5) is 5.82 Å². The Labute approximate surface area is 139 Å². The van der Waals surface area contributed by atoms with Crippen LogP contribution in [0.3, 0.4) is 0 Å². The van der Waals surface area contributed by atoms with Crippen molar-refractivity contribution < 1.29 is 4.79 Å². The molecule has 3 aromatic rings. The van der Waals surface area contributed by atoms with Crippen LogP contribution in [0.25, 0.3) is 10.4 Å². The first-order chi connectivity index (χ1) is 11.2. The topological polar surface area (TPSA) is 42.0 Å². The lowest BCUT2D eigenvalue weighted by molar-refractivity contribution is 0.103. The van der Waals surface area contributed by atoms with Crippen LogP contribution in [-0.4, -0.2) is 10.9 Å². The van der Waals surface area contributed by atoms with Crippen LogP contribution in [-0.2, 0) is 12.8 Å². The molecule has 1 N–H and O–H groups in total. The zero-order valence-corrected chi connectivity index (χ0v) is 13.6. The van der Waals surface area contributed by atoms with E-state index in [1.54, 1.807) is 17.5 Å². The quantitative estimate of drug-likeness (QED) is 0.757. The Bertz CT molecular complexity index is 898. The van der Waals surface area contributed by atoms with Crippen LogP contribution >= 0.6 is 11.3 Å². The Kier molecular flexibility index (Phi) is 3.46. The van der Waals surface area contributed by atoms with Crippen LogP contribution < -0.4 is 5.32 Å². The van der Waals surface area contributed by atoms with Crippen molar-refractivity contribution in [2.75, 3.05) is 5.32 Å². The van der Waals surface area contributed by atoms with Gasteiger partial charge >= 0.3 is 0 Å². The molecule has 0 spiro atoms. The highest BCUT2D eigenvalue weighted by atomic mass is 32.1. The minimum Gasteiger partial charge on any atom is -0.306 e. The molecule has 1 aliphatic carbocycles. The Morgan fingerprint density at radius 2 is 1.96 bits per heavy atom. The lowest BCUT2D eigenvalue weighted by Gasteiger charge is -2.15. The summed E-state index contributed by atoms with van der Waals surface area (Å²) in [5.74, 6) is 0.549. The molecule has 114 valence electrons. The average Bonchev–Trinajstić information content (AvgIpc) is 3.02. The molecule has 0 bridgehead atoms. The molecule has 4 rings (SSSR count). The summed E-state index contributed by atoms with van der Waals surface area (Å²) in [7, 11) is 0. The number of hydrogen-bond acceptors (Lipinski definition) is 3. The summed E-state index contributed by atoms with van der Waals surface area (Å²) < 4.78 is 0. The minimum atomic E-state index is -0.0799. The van der Waals surface area contributed by atoms with Gasteiger partial charge in [0.05, 0.1) is 4.88 Å². The van der Waals surface area contributed by atoms with Crippen LogP contribution in [0.5, 0.6) is 0 Å². The highest BCUT2D eigenvalue weighted by Gasteiger charge is 2.21. The first kappa shape index (κ1) is 14.2. The van der Waals surface area contributed by atoms with E-state index in [2.05, 4.69) is 34.6 Å². The number of aryl methyl sites for hydroxylation is 3. The number of aromatic nitrogens is 1. The molecule has 2 heterocycles. The van der Waals surface area contributed by atoms with Crippen molar-refractivity contribution in [3.63, 3.8) is 0 Å². The van der Waals surface area contributed by atoms with E-state index in [9.17, 15) is 4.79 Å². The number of nitrogens with zero attached hydrogens (tertiary/aromatic N) is 1. The van der Waals surface area contributed by atoms with E-state index in [0.29, 0.717) is 5.82 Å². The van der Waals surface area contributed by atoms with Crippen LogP contribution in [0.1, 0.15) is 26.4 Å². The number of amides is 1. The van der Waals surface area contributed by atoms with Gasteiger partial charge in [-0.15, -0.1) is 11.3 Å². The molecule has 0 fully saturated rings. The summed E-state index contributed by atoms with van der Waals surface area (Å²) in [6, 6.07) is 14.3. The predicted molar refractivity (Wildman–Crippen MR) is 94.1 cm³/mol. The van der Waals surface area contributed by atoms with Gasteiger partial charge in [-0.05, 0) is 54.2 Å². The fraction of sp³-hybridized carbons (Fsp3) is 0.158. The lowest BCUT2D eigenvalue weighted by Crippen LogP contribution is -2.12. The Morgan fingerprint density at radius 3 is 2.83 bits per heavy atom. The second-order valence-electron chi connectivity index (χ2n) is 5.75. The summed E-state index contributed by atoms with van der Waals surface area (Å²) >= 11 is 1.57. The van der Waals surface area contributed by atoms with Gasteiger partial charge in [0.2, 0.25) is 0 Å². The number of fused-ring (bicyclic) bond motifs is 3. The molecule has 1 amide bonds. The SMILES string of the molecule is Cc1cccnc1NC(=O)c1cc2c(s1)-c1ccccc1CC2. The van der Waals surface area contributed by atoms with Gasteiger partial charge < -0.3 is 5.32 Å². The molecule has 0 atom stereocenters. The number of anilines is 1. The molecule has 4 heteroatoms. The van der Waals surface area contributed by atoms with Gasteiger partial charge in [-0.3, -0.25) is 4.79 Å². The number of nitrogens with one attached hydrogen (secondary N) is 1. The molecule has 0 saturated heterocycles. The van der Waals surface area contributed by atoms with E-state index in [4.69, 9.17) is 0 Å². The molecular formula is C19H16N2OS. The van der Waals surface area contributed by atoms with Gasteiger partial charge in [0.15, 0.2) is 0 Å². The first-order valence-corrected chi connectivity index (χ1v) is 8.48. The van der Waals surface area contributed by atoms with E-state index < -0.39 is 0 Å². The third-order valence-corrected chi connectivity index (χ3v) is 5.41. The zero-order chi connectivity index (χ0) is 15.8. The lowest BCUT2D eigenvalue weighted by atomic mass is 9.91. The summed E-state index contributed by atoms with van der Waals surface area (Å²) in [6.07, 6.45) is 3.73. The fourth-order valence-corrected chi connectivity index (χ4v) is 4.14. The third-order valence-electron chi connectivity index (χ3n) is 4.20. The molecule has 0 unspecified atom stereocenters. The third kappa shape index (κ3) is 2.55. The molecule has 0 radical (unpaired) electrons. The minimum absolute atomic E-state index is 0.0799. The first-order valence-electron chi connectivity index (χ1n) is 7.66. The van der Waals surface area contributed by atoms with Gasteiger partial charge in [0.1, 0.15) is 5.82 Å². The number of hydrogen-bond donors (Lipinski definition) is 1. The second-order valence-corrected chi connectivity index (χ2v) is 6.80. The van der Waals surface area contributed by atoms with Crippen molar-refractivity contribution in [3.05, 3.63) is 70.2 Å². The molecule has 2 aromatic heterocycles. The molecule has 1 aliphatic rings. The van der Waals surface area contributed by atoms with E-state index >= 15 is 0 Å². The molecule has 0 saturated carbocycles. The van der Waals surface area contributed by atoms with Gasteiger partial charge in [-0.2, -0.15) is 0 Å². The van der Waals surface area contributed by atoms with E-state index in [-0.39, 0.29) is 5.91 Å². The van der Waals surface area contributed by atoms with Crippen LogP contribution in [0.2, 0.25) is 0 Å². The number of benzene rings is 1. The largest absolute Gasteiger partial charge is 0.306 e. The summed E-state index contributed by atoms with van der Waals surface area (Å²) in [5, 5.41) is 2.92. The zero-order valence-electron chi connectivity index (χ0n) is 12.8. The predicted octanol–water partition coefficient (Wildman–Crippen LogP) is 4.47. The maximum atomic E-state index is 12.6. The summed E-state index contributed by atoms with van der Waals surface area (Å²) in [4.78, 5) is 18.8. The number of rotatable bonds is 2. The van der Waals surface area contributed by atoms with Crippen LogP contribution in [0.15, 0.2) is 48.7 Å². The van der Waals surface area contributed by atoms with Gasteiger partial charge in [-0.1, -0.05) is 30.3 Å². The highest BCUT2D eigenvalue weighted by molar-refractivity contribution is 7.17. The van der Waals surface area contributed by atoms with E-state index in [1.165, 1.54) is 21.6 Å². The van der Waals surface area contributed by atoms with Crippen molar-refractivity contribution in [1.82, 2.24) is 4.98 Å². The van der Waals surface area contributed by atoms with Crippen LogP contribution in [0, 0.1) is 6.92 Å². The van der Waals surface area contributed by atoms with Crippen molar-refractivity contribution in [2.45, 2.75) is 19.8 Å². The van der Waals surface area contributed by atoms with Crippen molar-refractivity contribution in [3.8, 4) is 10.4 Å². The smallest absolute Gasteiger partial charge is 0.266 e. The van der Waals surface area contributed by atoms with Gasteiger partial charge in [0, 0.05) is 11.1 Å². The number of pyridine rings is 1. The molecule has 0 aliphatic heterocycles. The summed E-state index contributed by atoms with van der Waals surface area (Å²) in [5.41, 5.74) is 4.88. The number of thiophene rings is 1. The van der Waals surface area contributed by atoms with Gasteiger partial charge in [-0.25, -0.2) is 4.98 Å². The van der Waals surface area contributed by atoms with Crippen molar-refractivity contribution >= 4 is 23.1 Å². The Morgan fingerprint density at radius 1 is 1.13 bits per heavy atom. The molecule has 1 aromatic carbocycles. The van der Waals surface area contributed by atoms with E-state index in [0.717, 1.165) is 23.3 Å². The Balaban J connectivity index is 1.66. The highest BCUT2D eigenvalue weighted by Crippen LogP contribution is 2.39. The average molecular weight is 320 g/mol. The monoisotopic (exact) mass is 320 g/mol. The standard InChI is InChI=1S/C19H16N2OS/c1-12-5-4-10-20-18(12)21-19(22)16-11-14-9-8-13-6-2-3-7-15(13)17(14)23-16/h2-7,10-11H,8-9H2,1H3,(H,20,21,22). The maximum absolute atomic E-state index is 12.6. The number of carbonyl (C=O) groups excluding carboxylic acids is 1. The fourth-order valence-electron chi connectivity index (χ4n) is 2.97. The van der Waals surface area contributed by atoms with Crippen molar-refractivity contribution in [2.24, 2.45) is 0 Å². The second kappa shape index (κ2) is 5.63.